The summed E-state index contributed by atoms with van der Waals surface area (Å²) in [7, 11) is 0. The highest BCUT2D eigenvalue weighted by Gasteiger charge is 2.21. The number of halogens is 1. The first-order valence-corrected chi connectivity index (χ1v) is 7.99. The van der Waals surface area contributed by atoms with Gasteiger partial charge in [-0.05, 0) is 31.1 Å². The molecule has 1 aromatic heterocycles. The largest absolute Gasteiger partial charge is 0.382 e. The van der Waals surface area contributed by atoms with E-state index in [1.807, 2.05) is 0 Å². The highest BCUT2D eigenvalue weighted by molar-refractivity contribution is 6.32. The summed E-state index contributed by atoms with van der Waals surface area (Å²) in [6.45, 7) is 5.90. The van der Waals surface area contributed by atoms with Crippen molar-refractivity contribution in [3.05, 3.63) is 21.6 Å². The fraction of sp³-hybridized carbons (Fsp3) is 0.733. The number of aryl methyl sites for hydroxylation is 1. The van der Waals surface area contributed by atoms with Crippen LogP contribution in [0.5, 0.6) is 0 Å². The van der Waals surface area contributed by atoms with Crippen LogP contribution in [0, 0.1) is 11.8 Å². The number of nitrogens with zero attached hydrogens (tertiary/aromatic N) is 2. The van der Waals surface area contributed by atoms with E-state index < -0.39 is 0 Å². The normalized spacial score (nSPS) is 22.1. The molecule has 1 aliphatic carbocycles. The topological polar surface area (TPSA) is 46.9 Å². The molecule has 0 radical (unpaired) electrons. The van der Waals surface area contributed by atoms with Crippen molar-refractivity contribution >= 4 is 17.3 Å². The first kappa shape index (κ1) is 15.4. The quantitative estimate of drug-likeness (QED) is 0.873. The Labute approximate surface area is 125 Å². The lowest BCUT2D eigenvalue weighted by molar-refractivity contribution is 0.533. The number of nitrogens with one attached hydrogen (secondary N) is 1. The summed E-state index contributed by atoms with van der Waals surface area (Å²) >= 11 is 6.16. The molecule has 1 fully saturated rings. The summed E-state index contributed by atoms with van der Waals surface area (Å²) in [5.74, 6) is 1.50. The van der Waals surface area contributed by atoms with Gasteiger partial charge in [-0.3, -0.25) is 4.79 Å². The lowest BCUT2D eigenvalue weighted by Gasteiger charge is -2.13. The molecule has 0 aliphatic heterocycles. The average Bonchev–Trinajstić information content (AvgIpc) is 2.85. The van der Waals surface area contributed by atoms with E-state index in [9.17, 15) is 4.79 Å². The van der Waals surface area contributed by atoms with Crippen molar-refractivity contribution < 1.29 is 0 Å². The van der Waals surface area contributed by atoms with Crippen LogP contribution in [0.2, 0.25) is 5.02 Å². The van der Waals surface area contributed by atoms with Crippen molar-refractivity contribution in [2.45, 2.75) is 52.5 Å². The second-order valence-corrected chi connectivity index (χ2v) is 6.30. The Morgan fingerprint density at radius 1 is 1.50 bits per heavy atom. The number of aromatic nitrogens is 2. The standard InChI is InChI=1S/C15H24ClN3O/c1-3-4-7-19-15(20)14(16)13(10-18-19)17-9-12-6-5-11(2)8-12/h10-12,17H,3-9H2,1-2H3. The molecule has 0 amide bonds. The van der Waals surface area contributed by atoms with Gasteiger partial charge in [0.15, 0.2) is 0 Å². The number of unbranched alkanes of at least 4 members (excludes halogenated alkanes) is 1. The molecule has 0 bridgehead atoms. The van der Waals surface area contributed by atoms with Gasteiger partial charge in [0.25, 0.3) is 5.56 Å². The Kier molecular flexibility index (Phi) is 5.46. The van der Waals surface area contributed by atoms with E-state index in [-0.39, 0.29) is 10.6 Å². The van der Waals surface area contributed by atoms with E-state index in [1.54, 1.807) is 6.20 Å². The van der Waals surface area contributed by atoms with Gasteiger partial charge in [-0.2, -0.15) is 5.10 Å². The van der Waals surface area contributed by atoms with Crippen molar-refractivity contribution in [3.8, 4) is 0 Å². The van der Waals surface area contributed by atoms with E-state index >= 15 is 0 Å². The predicted octanol–water partition coefficient (Wildman–Crippen LogP) is 3.54. The van der Waals surface area contributed by atoms with Crippen molar-refractivity contribution in [2.24, 2.45) is 11.8 Å². The summed E-state index contributed by atoms with van der Waals surface area (Å²) < 4.78 is 1.45. The van der Waals surface area contributed by atoms with Crippen LogP contribution in [-0.2, 0) is 6.54 Å². The molecule has 2 rings (SSSR count). The second kappa shape index (κ2) is 7.11. The maximum absolute atomic E-state index is 12.1. The maximum Gasteiger partial charge on any atom is 0.287 e. The summed E-state index contributed by atoms with van der Waals surface area (Å²) in [6, 6.07) is 0. The first-order valence-electron chi connectivity index (χ1n) is 7.61. The van der Waals surface area contributed by atoms with Crippen LogP contribution in [0.25, 0.3) is 0 Å². The molecule has 1 heterocycles. The summed E-state index contributed by atoms with van der Waals surface area (Å²) in [5.41, 5.74) is 0.480. The molecule has 1 saturated carbocycles. The number of anilines is 1. The third kappa shape index (κ3) is 3.75. The lowest BCUT2D eigenvalue weighted by atomic mass is 10.1. The predicted molar refractivity (Wildman–Crippen MR) is 83.4 cm³/mol. The van der Waals surface area contributed by atoms with Gasteiger partial charge in [-0.15, -0.1) is 0 Å². The first-order chi connectivity index (χ1) is 9.61. The SMILES string of the molecule is CCCCn1ncc(NCC2CCC(C)C2)c(Cl)c1=O. The molecule has 2 unspecified atom stereocenters. The maximum atomic E-state index is 12.1. The van der Waals surface area contributed by atoms with E-state index in [1.165, 1.54) is 23.9 Å². The Morgan fingerprint density at radius 3 is 2.95 bits per heavy atom. The van der Waals surface area contributed by atoms with Crippen molar-refractivity contribution in [1.29, 1.82) is 0 Å². The third-order valence-corrected chi connectivity index (χ3v) is 4.46. The molecule has 2 atom stereocenters. The van der Waals surface area contributed by atoms with Crippen LogP contribution < -0.4 is 10.9 Å². The number of hydrogen-bond acceptors (Lipinski definition) is 3. The zero-order valence-corrected chi connectivity index (χ0v) is 13.1. The van der Waals surface area contributed by atoms with Crippen LogP contribution >= 0.6 is 11.6 Å². The molecule has 5 heteroatoms. The fourth-order valence-electron chi connectivity index (χ4n) is 2.82. The number of hydrogen-bond donors (Lipinski definition) is 1. The Bertz CT molecular complexity index is 500. The molecule has 1 aromatic rings. The number of rotatable bonds is 6. The van der Waals surface area contributed by atoms with Crippen molar-refractivity contribution in [2.75, 3.05) is 11.9 Å². The fourth-order valence-corrected chi connectivity index (χ4v) is 3.03. The van der Waals surface area contributed by atoms with Crippen LogP contribution in [0.3, 0.4) is 0 Å². The van der Waals surface area contributed by atoms with Crippen molar-refractivity contribution in [3.63, 3.8) is 0 Å². The second-order valence-electron chi connectivity index (χ2n) is 5.92. The van der Waals surface area contributed by atoms with Gasteiger partial charge < -0.3 is 5.32 Å². The van der Waals surface area contributed by atoms with Crippen LogP contribution in [0.1, 0.15) is 46.0 Å². The van der Waals surface area contributed by atoms with Gasteiger partial charge in [0.1, 0.15) is 5.02 Å². The molecular weight excluding hydrogens is 274 g/mol. The Morgan fingerprint density at radius 2 is 2.30 bits per heavy atom. The van der Waals surface area contributed by atoms with E-state index in [4.69, 9.17) is 11.6 Å². The van der Waals surface area contributed by atoms with Crippen LogP contribution in [0.4, 0.5) is 5.69 Å². The van der Waals surface area contributed by atoms with E-state index in [0.29, 0.717) is 18.2 Å². The molecule has 112 valence electrons. The highest BCUT2D eigenvalue weighted by Crippen LogP contribution is 2.30. The minimum absolute atomic E-state index is 0.190. The van der Waals surface area contributed by atoms with Gasteiger partial charge in [-0.1, -0.05) is 38.3 Å². The third-order valence-electron chi connectivity index (χ3n) is 4.09. The Hall–Kier alpha value is -1.03. The van der Waals surface area contributed by atoms with Crippen LogP contribution in [0.15, 0.2) is 11.0 Å². The highest BCUT2D eigenvalue weighted by atomic mass is 35.5. The average molecular weight is 298 g/mol. The van der Waals surface area contributed by atoms with E-state index in [0.717, 1.165) is 25.3 Å². The minimum Gasteiger partial charge on any atom is -0.382 e. The van der Waals surface area contributed by atoms with Crippen LogP contribution in [-0.4, -0.2) is 16.3 Å². The minimum atomic E-state index is -0.190. The molecule has 0 aromatic carbocycles. The summed E-state index contributed by atoms with van der Waals surface area (Å²) in [5, 5.41) is 7.75. The molecule has 1 aliphatic rings. The van der Waals surface area contributed by atoms with Gasteiger partial charge in [0, 0.05) is 13.1 Å². The smallest absolute Gasteiger partial charge is 0.287 e. The Balaban J connectivity index is 1.98. The van der Waals surface area contributed by atoms with Gasteiger partial charge in [0.05, 0.1) is 11.9 Å². The molecule has 20 heavy (non-hydrogen) atoms. The molecule has 1 N–H and O–H groups in total. The summed E-state index contributed by atoms with van der Waals surface area (Å²) in [4.78, 5) is 12.1. The zero-order chi connectivity index (χ0) is 14.5. The van der Waals surface area contributed by atoms with E-state index in [2.05, 4.69) is 24.3 Å². The van der Waals surface area contributed by atoms with Gasteiger partial charge in [0.2, 0.25) is 0 Å². The molecule has 4 nitrogen and oxygen atoms in total. The summed E-state index contributed by atoms with van der Waals surface area (Å²) in [6.07, 6.45) is 7.47. The molecule has 0 spiro atoms. The van der Waals surface area contributed by atoms with Gasteiger partial charge >= 0.3 is 0 Å². The lowest BCUT2D eigenvalue weighted by Crippen LogP contribution is -2.25. The monoisotopic (exact) mass is 297 g/mol. The molecular formula is C15H24ClN3O. The van der Waals surface area contributed by atoms with Gasteiger partial charge in [-0.25, -0.2) is 4.68 Å². The zero-order valence-electron chi connectivity index (χ0n) is 12.4. The molecule has 0 saturated heterocycles. The van der Waals surface area contributed by atoms with Crippen molar-refractivity contribution in [1.82, 2.24) is 9.78 Å².